The van der Waals surface area contributed by atoms with Gasteiger partial charge in [-0.3, -0.25) is 0 Å². The Balaban J connectivity index is 1.75. The van der Waals surface area contributed by atoms with Crippen LogP contribution in [0.3, 0.4) is 0 Å². The fraction of sp³-hybridized carbons (Fsp3) is 0.190. The van der Waals surface area contributed by atoms with E-state index in [1.54, 1.807) is 28.8 Å². The molecule has 4 rings (SSSR count). The normalized spacial score (nSPS) is 11.9. The van der Waals surface area contributed by atoms with E-state index in [9.17, 15) is 8.42 Å². The van der Waals surface area contributed by atoms with Crippen LogP contribution < -0.4 is 5.32 Å². The fourth-order valence-electron chi connectivity index (χ4n) is 3.18. The molecule has 1 N–H and O–H groups in total. The molecule has 0 radical (unpaired) electrons. The zero-order valence-corrected chi connectivity index (χ0v) is 17.8. The smallest absolute Gasteiger partial charge is 0.254 e. The Morgan fingerprint density at radius 3 is 2.40 bits per heavy atom. The second kappa shape index (κ2) is 7.85. The summed E-state index contributed by atoms with van der Waals surface area (Å²) in [5, 5.41) is 7.70. The molecule has 0 saturated carbocycles. The minimum Gasteiger partial charge on any atom is -0.340 e. The van der Waals surface area contributed by atoms with Gasteiger partial charge in [0, 0.05) is 37.5 Å². The topological polar surface area (TPSA) is 92.5 Å². The van der Waals surface area contributed by atoms with E-state index in [0.29, 0.717) is 12.2 Å². The van der Waals surface area contributed by atoms with Crippen LogP contribution in [-0.4, -0.2) is 46.4 Å². The maximum absolute atomic E-state index is 12.3. The third-order valence-electron chi connectivity index (χ3n) is 4.85. The molecule has 0 aliphatic carbocycles. The van der Waals surface area contributed by atoms with Gasteiger partial charge in [-0.25, -0.2) is 17.7 Å². The molecule has 0 spiro atoms. The average molecular weight is 423 g/mol. The minimum absolute atomic E-state index is 0.236. The van der Waals surface area contributed by atoms with Gasteiger partial charge in [0.25, 0.3) is 5.78 Å². The highest BCUT2D eigenvalue weighted by Gasteiger charge is 2.18. The van der Waals surface area contributed by atoms with E-state index >= 15 is 0 Å². The van der Waals surface area contributed by atoms with E-state index in [1.807, 2.05) is 25.1 Å². The van der Waals surface area contributed by atoms with Crippen molar-refractivity contribution >= 4 is 27.3 Å². The Bertz CT molecular complexity index is 1280. The van der Waals surface area contributed by atoms with Gasteiger partial charge >= 0.3 is 0 Å². The van der Waals surface area contributed by atoms with Crippen molar-refractivity contribution in [3.63, 3.8) is 0 Å². The van der Waals surface area contributed by atoms with Gasteiger partial charge in [-0.1, -0.05) is 30.3 Å². The number of rotatable bonds is 6. The quantitative estimate of drug-likeness (QED) is 0.513. The lowest BCUT2D eigenvalue weighted by Crippen LogP contribution is -2.22. The second-order valence-electron chi connectivity index (χ2n) is 7.10. The van der Waals surface area contributed by atoms with Crippen molar-refractivity contribution in [1.29, 1.82) is 0 Å². The number of aromatic nitrogens is 4. The molecule has 0 atom stereocenters. The van der Waals surface area contributed by atoms with Crippen LogP contribution in [0.25, 0.3) is 5.78 Å². The van der Waals surface area contributed by atoms with Gasteiger partial charge in [0.05, 0.1) is 4.90 Å². The summed E-state index contributed by atoms with van der Waals surface area (Å²) in [6.45, 7) is 1.95. The summed E-state index contributed by atoms with van der Waals surface area (Å²) >= 11 is 0. The number of fused-ring (bicyclic) bond motifs is 1. The molecule has 0 amide bonds. The second-order valence-corrected chi connectivity index (χ2v) is 9.25. The van der Waals surface area contributed by atoms with Crippen LogP contribution >= 0.6 is 0 Å². The fourth-order valence-corrected chi connectivity index (χ4v) is 4.09. The number of benzene rings is 2. The number of sulfonamides is 1. The number of anilines is 2. The Morgan fingerprint density at radius 2 is 1.73 bits per heavy atom. The predicted octanol–water partition coefficient (Wildman–Crippen LogP) is 3.02. The summed E-state index contributed by atoms with van der Waals surface area (Å²) in [7, 11) is -0.455. The van der Waals surface area contributed by atoms with E-state index in [2.05, 4.69) is 32.5 Å². The molecular weight excluding hydrogens is 400 g/mol. The van der Waals surface area contributed by atoms with Gasteiger partial charge in [-0.15, -0.1) is 0 Å². The summed E-state index contributed by atoms with van der Waals surface area (Å²) < 4.78 is 27.5. The lowest BCUT2D eigenvalue weighted by molar-refractivity contribution is 0.521. The predicted molar refractivity (Wildman–Crippen MR) is 115 cm³/mol. The molecule has 0 aliphatic heterocycles. The molecule has 8 nitrogen and oxygen atoms in total. The molecule has 0 saturated heterocycles. The van der Waals surface area contributed by atoms with Crippen molar-refractivity contribution in [3.8, 4) is 0 Å². The van der Waals surface area contributed by atoms with Gasteiger partial charge in [-0.05, 0) is 36.8 Å². The van der Waals surface area contributed by atoms with Crippen molar-refractivity contribution in [2.24, 2.45) is 0 Å². The molecule has 2 aromatic heterocycles. The van der Waals surface area contributed by atoms with E-state index in [1.165, 1.54) is 24.7 Å². The number of nitrogens with one attached hydrogen (secondary N) is 1. The van der Waals surface area contributed by atoms with E-state index in [4.69, 9.17) is 0 Å². The lowest BCUT2D eigenvalue weighted by atomic mass is 10.0. The monoisotopic (exact) mass is 422 g/mol. The standard InChI is InChI=1S/C21H22N6O2S/c1-15-19(13-16-7-5-4-6-8-16)20(27-21(24-15)22-14-23-27)25-17-9-11-18(12-10-17)30(28,29)26(2)3/h4-12,14,25H,13H2,1-3H3. The summed E-state index contributed by atoms with van der Waals surface area (Å²) in [5.74, 6) is 1.25. The first-order chi connectivity index (χ1) is 14.4. The Labute approximate surface area is 175 Å². The molecule has 0 unspecified atom stereocenters. The largest absolute Gasteiger partial charge is 0.340 e. The number of hydrogen-bond donors (Lipinski definition) is 1. The SMILES string of the molecule is Cc1nc2ncnn2c(Nc2ccc(S(=O)(=O)N(C)C)cc2)c1Cc1ccccc1. The summed E-state index contributed by atoms with van der Waals surface area (Å²) in [6, 6.07) is 16.8. The van der Waals surface area contributed by atoms with Crippen LogP contribution in [-0.2, 0) is 16.4 Å². The first-order valence-corrected chi connectivity index (χ1v) is 10.8. The van der Waals surface area contributed by atoms with Crippen LogP contribution in [0.1, 0.15) is 16.8 Å². The van der Waals surface area contributed by atoms with Crippen LogP contribution in [0.5, 0.6) is 0 Å². The minimum atomic E-state index is -3.48. The zero-order valence-electron chi connectivity index (χ0n) is 16.9. The molecule has 2 aromatic carbocycles. The Hall–Kier alpha value is -3.30. The molecule has 0 fully saturated rings. The summed E-state index contributed by atoms with van der Waals surface area (Å²) in [5.41, 5.74) is 3.74. The molecule has 9 heteroatoms. The van der Waals surface area contributed by atoms with Gasteiger partial charge in [0.15, 0.2) is 0 Å². The van der Waals surface area contributed by atoms with Crippen molar-refractivity contribution in [2.75, 3.05) is 19.4 Å². The molecule has 154 valence electrons. The van der Waals surface area contributed by atoms with Crippen molar-refractivity contribution in [1.82, 2.24) is 23.9 Å². The molecule has 0 bridgehead atoms. The zero-order chi connectivity index (χ0) is 21.3. The van der Waals surface area contributed by atoms with Crippen LogP contribution in [0.2, 0.25) is 0 Å². The van der Waals surface area contributed by atoms with Gasteiger partial charge in [0.1, 0.15) is 12.1 Å². The number of aryl methyl sites for hydroxylation is 1. The van der Waals surface area contributed by atoms with Crippen LogP contribution in [0.15, 0.2) is 65.8 Å². The first-order valence-electron chi connectivity index (χ1n) is 9.39. The highest BCUT2D eigenvalue weighted by atomic mass is 32.2. The first kappa shape index (κ1) is 20.0. The van der Waals surface area contributed by atoms with Crippen LogP contribution in [0, 0.1) is 6.92 Å². The van der Waals surface area contributed by atoms with Crippen molar-refractivity contribution < 1.29 is 8.42 Å². The maximum atomic E-state index is 12.3. The molecule has 4 aromatic rings. The van der Waals surface area contributed by atoms with E-state index < -0.39 is 10.0 Å². The molecule has 0 aliphatic rings. The maximum Gasteiger partial charge on any atom is 0.254 e. The average Bonchev–Trinajstić information content (AvgIpc) is 3.19. The van der Waals surface area contributed by atoms with E-state index in [-0.39, 0.29) is 4.90 Å². The Morgan fingerprint density at radius 1 is 1.03 bits per heavy atom. The summed E-state index contributed by atoms with van der Waals surface area (Å²) in [6.07, 6.45) is 2.14. The third-order valence-corrected chi connectivity index (χ3v) is 6.68. The highest BCUT2D eigenvalue weighted by Crippen LogP contribution is 2.27. The van der Waals surface area contributed by atoms with Crippen molar-refractivity contribution in [2.45, 2.75) is 18.2 Å². The summed E-state index contributed by atoms with van der Waals surface area (Å²) in [4.78, 5) is 9.01. The van der Waals surface area contributed by atoms with E-state index in [0.717, 1.165) is 28.3 Å². The van der Waals surface area contributed by atoms with Crippen molar-refractivity contribution in [3.05, 3.63) is 77.7 Å². The molecule has 30 heavy (non-hydrogen) atoms. The third kappa shape index (κ3) is 3.77. The lowest BCUT2D eigenvalue weighted by Gasteiger charge is -2.16. The van der Waals surface area contributed by atoms with Gasteiger partial charge < -0.3 is 5.32 Å². The van der Waals surface area contributed by atoms with Gasteiger partial charge in [0.2, 0.25) is 10.0 Å². The van der Waals surface area contributed by atoms with Crippen LogP contribution in [0.4, 0.5) is 11.5 Å². The number of nitrogens with zero attached hydrogens (tertiary/aromatic N) is 5. The molecular formula is C21H22N6O2S. The highest BCUT2D eigenvalue weighted by molar-refractivity contribution is 7.89. The Kier molecular flexibility index (Phi) is 5.23. The number of hydrogen-bond acceptors (Lipinski definition) is 6. The van der Waals surface area contributed by atoms with Gasteiger partial charge in [-0.2, -0.15) is 14.6 Å². The molecule has 2 heterocycles.